The van der Waals surface area contributed by atoms with Crippen LogP contribution in [0.25, 0.3) is 32.7 Å². The maximum absolute atomic E-state index is 13.1. The molecule has 4 aromatic carbocycles. The van der Waals surface area contributed by atoms with E-state index in [4.69, 9.17) is 0 Å². The maximum Gasteiger partial charge on any atom is 0.180 e. The van der Waals surface area contributed by atoms with E-state index in [9.17, 15) is 9.63 Å². The molecule has 0 unspecified atom stereocenters. The van der Waals surface area contributed by atoms with Gasteiger partial charge < -0.3 is 5.11 Å². The van der Waals surface area contributed by atoms with Gasteiger partial charge in [0, 0.05) is 15.7 Å². The fourth-order valence-electron chi connectivity index (χ4n) is 3.10. The van der Waals surface area contributed by atoms with E-state index in [1.807, 2.05) is 54.6 Å². The first kappa shape index (κ1) is 13.6. The van der Waals surface area contributed by atoms with Crippen molar-refractivity contribution in [3.05, 3.63) is 72.8 Å². The van der Waals surface area contributed by atoms with E-state index in [0.29, 0.717) is 11.1 Å². The van der Waals surface area contributed by atoms with Crippen LogP contribution in [0.4, 0.5) is 4.53 Å². The highest BCUT2D eigenvalue weighted by Crippen LogP contribution is 2.44. The zero-order chi connectivity index (χ0) is 15.8. The monoisotopic (exact) mass is 304 g/mol. The van der Waals surface area contributed by atoms with E-state index < -0.39 is 0 Å². The molecule has 0 atom stereocenters. The van der Waals surface area contributed by atoms with Crippen LogP contribution in [-0.2, 0) is 0 Å². The maximum atomic E-state index is 13.1. The lowest BCUT2D eigenvalue weighted by Crippen LogP contribution is -1.89. The van der Waals surface area contributed by atoms with E-state index in [-0.39, 0.29) is 11.5 Å². The second-order valence-corrected chi connectivity index (χ2v) is 5.42. The lowest BCUT2D eigenvalue weighted by Gasteiger charge is -2.14. The fourth-order valence-corrected chi connectivity index (χ4v) is 3.10. The number of phenolic OH excluding ortho intramolecular Hbond substituents is 1. The Labute approximate surface area is 132 Å². The van der Waals surface area contributed by atoms with Gasteiger partial charge in [0.25, 0.3) is 0 Å². The molecule has 112 valence electrons. The Morgan fingerprint density at radius 2 is 1.22 bits per heavy atom. The van der Waals surface area contributed by atoms with Crippen molar-refractivity contribution in [1.82, 2.24) is 0 Å². The van der Waals surface area contributed by atoms with Gasteiger partial charge in [-0.25, -0.2) is 0 Å². The lowest BCUT2D eigenvalue weighted by molar-refractivity contribution is -0.00531. The third-order valence-electron chi connectivity index (χ3n) is 4.13. The number of hydrogen-bond acceptors (Lipinski definition) is 2. The van der Waals surface area contributed by atoms with Crippen molar-refractivity contribution in [1.29, 1.82) is 0 Å². The van der Waals surface area contributed by atoms with Crippen LogP contribution in [0.3, 0.4) is 0 Å². The molecule has 0 aliphatic carbocycles. The Hall–Kier alpha value is -3.07. The summed E-state index contributed by atoms with van der Waals surface area (Å²) in [5, 5.41) is 14.1. The van der Waals surface area contributed by atoms with Gasteiger partial charge in [0.1, 0.15) is 5.75 Å². The summed E-state index contributed by atoms with van der Waals surface area (Å²) in [5.74, 6) is 0.189. The van der Waals surface area contributed by atoms with Crippen molar-refractivity contribution in [2.75, 3.05) is 0 Å². The molecule has 0 aromatic heterocycles. The molecule has 0 fully saturated rings. The summed E-state index contributed by atoms with van der Waals surface area (Å²) in [6.45, 7) is 0. The van der Waals surface area contributed by atoms with Gasteiger partial charge in [0.05, 0.1) is 0 Å². The number of fused-ring (bicyclic) bond motifs is 2. The van der Waals surface area contributed by atoms with Gasteiger partial charge in [-0.05, 0) is 33.7 Å². The van der Waals surface area contributed by atoms with Gasteiger partial charge in [-0.15, -0.1) is 0 Å². The second-order valence-electron chi connectivity index (χ2n) is 5.42. The summed E-state index contributed by atoms with van der Waals surface area (Å²) < 4.78 is 13.1. The van der Waals surface area contributed by atoms with Crippen molar-refractivity contribution in [2.24, 2.45) is 0 Å². The number of hydrogen-bond donors (Lipinski definition) is 1. The van der Waals surface area contributed by atoms with Crippen molar-refractivity contribution >= 4 is 21.5 Å². The molecule has 4 rings (SSSR count). The molecule has 0 heterocycles. The molecule has 4 aromatic rings. The molecule has 0 bridgehead atoms. The fraction of sp³-hybridized carbons (Fsp3) is 0. The molecule has 23 heavy (non-hydrogen) atoms. The van der Waals surface area contributed by atoms with Crippen LogP contribution in [0.1, 0.15) is 0 Å². The van der Waals surface area contributed by atoms with Gasteiger partial charge in [-0.1, -0.05) is 60.7 Å². The topological polar surface area (TPSA) is 29.5 Å². The number of benzene rings is 4. The van der Waals surface area contributed by atoms with E-state index in [1.54, 1.807) is 18.2 Å². The Balaban J connectivity index is 2.21. The van der Waals surface area contributed by atoms with Crippen LogP contribution in [-0.4, -0.2) is 5.11 Å². The number of rotatable bonds is 2. The first-order valence-electron chi connectivity index (χ1n) is 7.31. The van der Waals surface area contributed by atoms with Gasteiger partial charge in [0.15, 0.2) is 5.75 Å². The van der Waals surface area contributed by atoms with Crippen LogP contribution in [0.5, 0.6) is 11.5 Å². The van der Waals surface area contributed by atoms with Crippen LogP contribution in [0, 0.1) is 0 Å². The van der Waals surface area contributed by atoms with Crippen LogP contribution < -0.4 is 4.94 Å². The minimum Gasteiger partial charge on any atom is -0.507 e. The highest BCUT2D eigenvalue weighted by atomic mass is 19.3. The number of aromatic hydroxyl groups is 1. The van der Waals surface area contributed by atoms with Crippen LogP contribution in [0.15, 0.2) is 72.8 Å². The van der Waals surface area contributed by atoms with E-state index in [0.717, 1.165) is 21.5 Å². The lowest BCUT2D eigenvalue weighted by atomic mass is 9.92. The molecule has 0 radical (unpaired) electrons. The Kier molecular flexibility index (Phi) is 3.12. The van der Waals surface area contributed by atoms with Crippen molar-refractivity contribution in [3.8, 4) is 22.6 Å². The summed E-state index contributed by atoms with van der Waals surface area (Å²) in [6.07, 6.45) is 0. The molecule has 0 spiro atoms. The smallest absolute Gasteiger partial charge is 0.180 e. The van der Waals surface area contributed by atoms with Crippen molar-refractivity contribution in [3.63, 3.8) is 0 Å². The van der Waals surface area contributed by atoms with Gasteiger partial charge in [-0.3, -0.25) is 4.94 Å². The standard InChI is InChI=1S/C20H13FO2/c21-23-18-12-10-14-6-2-4-8-16(14)20(18)19-15-7-3-1-5-13(15)9-11-17(19)22/h1-12,22H. The zero-order valence-corrected chi connectivity index (χ0v) is 12.2. The van der Waals surface area contributed by atoms with Gasteiger partial charge >= 0.3 is 0 Å². The third kappa shape index (κ3) is 2.09. The Morgan fingerprint density at radius 1 is 0.652 bits per heavy atom. The van der Waals surface area contributed by atoms with Crippen LogP contribution >= 0.6 is 0 Å². The molecule has 0 amide bonds. The summed E-state index contributed by atoms with van der Waals surface area (Å²) in [7, 11) is 0. The summed E-state index contributed by atoms with van der Waals surface area (Å²) >= 11 is 0. The number of halogens is 1. The van der Waals surface area contributed by atoms with E-state index in [1.165, 1.54) is 0 Å². The molecule has 0 saturated carbocycles. The molecule has 1 N–H and O–H groups in total. The summed E-state index contributed by atoms with van der Waals surface area (Å²) in [6, 6.07) is 22.2. The predicted molar refractivity (Wildman–Crippen MR) is 90.3 cm³/mol. The van der Waals surface area contributed by atoms with E-state index in [2.05, 4.69) is 4.94 Å². The van der Waals surface area contributed by atoms with Crippen molar-refractivity contribution < 1.29 is 14.6 Å². The molecular formula is C20H13FO2. The summed E-state index contributed by atoms with van der Waals surface area (Å²) in [4.78, 5) is 4.10. The molecule has 3 heteroatoms. The molecule has 0 saturated heterocycles. The Morgan fingerprint density at radius 3 is 1.87 bits per heavy atom. The van der Waals surface area contributed by atoms with Gasteiger partial charge in [-0.2, -0.15) is 0 Å². The SMILES string of the molecule is Oc1ccc2ccccc2c1-c1c(OF)ccc2ccccc12. The molecular weight excluding hydrogens is 291 g/mol. The molecule has 2 nitrogen and oxygen atoms in total. The first-order chi connectivity index (χ1) is 11.3. The normalized spacial score (nSPS) is 11.0. The van der Waals surface area contributed by atoms with Crippen LogP contribution in [0.2, 0.25) is 0 Å². The van der Waals surface area contributed by atoms with Gasteiger partial charge in [0.2, 0.25) is 0 Å². The second kappa shape index (κ2) is 5.29. The first-order valence-corrected chi connectivity index (χ1v) is 7.31. The highest BCUT2D eigenvalue weighted by Gasteiger charge is 2.18. The minimum absolute atomic E-state index is 0.0929. The third-order valence-corrected chi connectivity index (χ3v) is 4.13. The quantitative estimate of drug-likeness (QED) is 0.520. The molecule has 0 aliphatic rings. The zero-order valence-electron chi connectivity index (χ0n) is 12.2. The average Bonchev–Trinajstić information content (AvgIpc) is 2.61. The largest absolute Gasteiger partial charge is 0.507 e. The summed E-state index contributed by atoms with van der Waals surface area (Å²) in [5.41, 5.74) is 1.13. The predicted octanol–water partition coefficient (Wildman–Crippen LogP) is 5.63. The molecule has 0 aliphatic heterocycles. The number of phenols is 1. The minimum atomic E-state index is 0.0929. The average molecular weight is 304 g/mol. The Bertz CT molecular complexity index is 1020. The highest BCUT2D eigenvalue weighted by molar-refractivity contribution is 6.09. The van der Waals surface area contributed by atoms with Crippen molar-refractivity contribution in [2.45, 2.75) is 0 Å². The van der Waals surface area contributed by atoms with E-state index >= 15 is 0 Å².